The maximum Gasteiger partial charge on any atom is 0.327 e. The lowest BCUT2D eigenvalue weighted by Crippen LogP contribution is -2.22. The lowest BCUT2D eigenvalue weighted by atomic mass is 10.1. The van der Waals surface area contributed by atoms with Crippen molar-refractivity contribution in [1.29, 1.82) is 0 Å². The summed E-state index contributed by atoms with van der Waals surface area (Å²) >= 11 is 11.5. The van der Waals surface area contributed by atoms with Crippen molar-refractivity contribution in [3.8, 4) is 0 Å². The number of carbonyl (C=O) groups excluding carboxylic acids is 1. The summed E-state index contributed by atoms with van der Waals surface area (Å²) in [4.78, 5) is 11.1. The van der Waals surface area contributed by atoms with Gasteiger partial charge in [0.15, 0.2) is 0 Å². The summed E-state index contributed by atoms with van der Waals surface area (Å²) in [5, 5.41) is 0.874. The van der Waals surface area contributed by atoms with Crippen LogP contribution >= 0.6 is 35.6 Å². The molecule has 15 heavy (non-hydrogen) atoms. The molecule has 1 aromatic rings. The molecule has 0 amide bonds. The van der Waals surface area contributed by atoms with Gasteiger partial charge in [-0.15, -0.1) is 12.4 Å². The first-order chi connectivity index (χ1) is 6.54. The summed E-state index contributed by atoms with van der Waals surface area (Å²) in [5.41, 5.74) is 6.13. The predicted octanol–water partition coefficient (Wildman–Crippen LogP) is 2.59. The zero-order chi connectivity index (χ0) is 10.7. The molecular formula is C9H10Cl3NO2. The summed E-state index contributed by atoms with van der Waals surface area (Å²) in [5.74, 6) is -0.525. The van der Waals surface area contributed by atoms with E-state index in [9.17, 15) is 4.79 Å². The fourth-order valence-electron chi connectivity index (χ4n) is 1.02. The van der Waals surface area contributed by atoms with Gasteiger partial charge < -0.3 is 10.5 Å². The molecule has 0 bridgehead atoms. The van der Waals surface area contributed by atoms with Crippen molar-refractivity contribution in [3.63, 3.8) is 0 Å². The van der Waals surface area contributed by atoms with Crippen LogP contribution in [0.4, 0.5) is 0 Å². The van der Waals surface area contributed by atoms with Gasteiger partial charge in [0, 0.05) is 10.0 Å². The van der Waals surface area contributed by atoms with E-state index in [1.807, 2.05) is 0 Å². The molecule has 6 heteroatoms. The second kappa shape index (κ2) is 6.18. The summed E-state index contributed by atoms with van der Waals surface area (Å²) < 4.78 is 4.50. The highest BCUT2D eigenvalue weighted by Crippen LogP contribution is 2.22. The van der Waals surface area contributed by atoms with E-state index >= 15 is 0 Å². The Morgan fingerprint density at radius 2 is 1.80 bits per heavy atom. The molecular weight excluding hydrogens is 260 g/mol. The summed E-state index contributed by atoms with van der Waals surface area (Å²) in [6, 6.07) is 3.87. The minimum Gasteiger partial charge on any atom is -0.468 e. The van der Waals surface area contributed by atoms with E-state index in [0.29, 0.717) is 15.6 Å². The molecule has 0 saturated heterocycles. The second-order valence-corrected chi connectivity index (χ2v) is 3.58. The van der Waals surface area contributed by atoms with Gasteiger partial charge in [-0.1, -0.05) is 23.2 Å². The van der Waals surface area contributed by atoms with Gasteiger partial charge in [-0.25, -0.2) is 0 Å². The van der Waals surface area contributed by atoms with Crippen LogP contribution in [-0.2, 0) is 9.53 Å². The SMILES string of the molecule is COC(=O)[C@H](N)c1cc(Cl)cc(Cl)c1.Cl. The number of hydrogen-bond acceptors (Lipinski definition) is 3. The van der Waals surface area contributed by atoms with E-state index in [2.05, 4.69) is 4.74 Å². The van der Waals surface area contributed by atoms with E-state index in [0.717, 1.165) is 0 Å². The van der Waals surface area contributed by atoms with Crippen LogP contribution in [0.5, 0.6) is 0 Å². The van der Waals surface area contributed by atoms with Crippen LogP contribution in [0.25, 0.3) is 0 Å². The maximum atomic E-state index is 11.1. The topological polar surface area (TPSA) is 52.3 Å². The minimum atomic E-state index is -0.851. The van der Waals surface area contributed by atoms with E-state index in [1.165, 1.54) is 7.11 Å². The normalized spacial score (nSPS) is 11.5. The van der Waals surface area contributed by atoms with Crippen LogP contribution < -0.4 is 5.73 Å². The molecule has 84 valence electrons. The van der Waals surface area contributed by atoms with Crippen molar-refractivity contribution in [2.75, 3.05) is 7.11 Å². The van der Waals surface area contributed by atoms with Gasteiger partial charge >= 0.3 is 5.97 Å². The van der Waals surface area contributed by atoms with Gasteiger partial charge in [-0.3, -0.25) is 4.79 Å². The number of hydrogen-bond donors (Lipinski definition) is 1. The summed E-state index contributed by atoms with van der Waals surface area (Å²) in [6.45, 7) is 0. The van der Waals surface area contributed by atoms with Crippen molar-refractivity contribution in [2.24, 2.45) is 5.73 Å². The molecule has 0 heterocycles. The molecule has 0 aliphatic heterocycles. The Balaban J connectivity index is 0.00000196. The number of halogens is 3. The van der Waals surface area contributed by atoms with Gasteiger partial charge in [0.25, 0.3) is 0 Å². The van der Waals surface area contributed by atoms with Crippen molar-refractivity contribution in [3.05, 3.63) is 33.8 Å². The average Bonchev–Trinajstić information content (AvgIpc) is 2.14. The Bertz CT molecular complexity index is 337. The molecule has 2 N–H and O–H groups in total. The maximum absolute atomic E-state index is 11.1. The number of methoxy groups -OCH3 is 1. The van der Waals surface area contributed by atoms with E-state index < -0.39 is 12.0 Å². The molecule has 0 spiro atoms. The average molecular weight is 271 g/mol. The third-order valence-electron chi connectivity index (χ3n) is 1.70. The molecule has 0 aliphatic carbocycles. The number of rotatable bonds is 2. The molecule has 3 nitrogen and oxygen atoms in total. The molecule has 0 saturated carbocycles. The molecule has 0 aromatic heterocycles. The van der Waals surface area contributed by atoms with Gasteiger partial charge in [0.05, 0.1) is 7.11 Å². The lowest BCUT2D eigenvalue weighted by Gasteiger charge is -2.09. The van der Waals surface area contributed by atoms with Crippen LogP contribution in [-0.4, -0.2) is 13.1 Å². The quantitative estimate of drug-likeness (QED) is 0.841. The smallest absolute Gasteiger partial charge is 0.327 e. The third-order valence-corrected chi connectivity index (χ3v) is 2.14. The molecule has 0 radical (unpaired) electrons. The van der Waals surface area contributed by atoms with E-state index in [-0.39, 0.29) is 12.4 Å². The number of nitrogens with two attached hydrogens (primary N) is 1. The first kappa shape index (κ1) is 14.5. The van der Waals surface area contributed by atoms with Crippen molar-refractivity contribution in [1.82, 2.24) is 0 Å². The Hall–Kier alpha value is -0.480. The highest BCUT2D eigenvalue weighted by molar-refractivity contribution is 6.34. The standard InChI is InChI=1S/C9H9Cl2NO2.ClH/c1-14-9(13)8(12)5-2-6(10)4-7(11)3-5;/h2-4,8H,12H2,1H3;1H/t8-;/m1./s1. The first-order valence-corrected chi connectivity index (χ1v) is 4.59. The summed E-state index contributed by atoms with van der Waals surface area (Å²) in [7, 11) is 1.27. The van der Waals surface area contributed by atoms with Crippen molar-refractivity contribution in [2.45, 2.75) is 6.04 Å². The highest BCUT2D eigenvalue weighted by atomic mass is 35.5. The van der Waals surface area contributed by atoms with Crippen LogP contribution in [0.3, 0.4) is 0 Å². The number of benzene rings is 1. The minimum absolute atomic E-state index is 0. The molecule has 0 aliphatic rings. The van der Waals surface area contributed by atoms with Gasteiger partial charge in [0.2, 0.25) is 0 Å². The number of ether oxygens (including phenoxy) is 1. The molecule has 1 atom stereocenters. The van der Waals surface area contributed by atoms with Crippen molar-refractivity contribution >= 4 is 41.6 Å². The fraction of sp³-hybridized carbons (Fsp3) is 0.222. The van der Waals surface area contributed by atoms with Gasteiger partial charge in [-0.2, -0.15) is 0 Å². The van der Waals surface area contributed by atoms with Crippen LogP contribution in [0.1, 0.15) is 11.6 Å². The number of esters is 1. The largest absolute Gasteiger partial charge is 0.468 e. The number of carbonyl (C=O) groups is 1. The Morgan fingerprint density at radius 3 is 2.20 bits per heavy atom. The zero-order valence-electron chi connectivity index (χ0n) is 7.87. The van der Waals surface area contributed by atoms with Crippen LogP contribution in [0.15, 0.2) is 18.2 Å². The monoisotopic (exact) mass is 269 g/mol. The Labute approximate surface area is 104 Å². The van der Waals surface area contributed by atoms with Gasteiger partial charge in [0.1, 0.15) is 6.04 Å². The van der Waals surface area contributed by atoms with Crippen molar-refractivity contribution < 1.29 is 9.53 Å². The molecule has 1 aromatic carbocycles. The fourth-order valence-corrected chi connectivity index (χ4v) is 1.56. The Kier molecular flexibility index (Phi) is 5.98. The van der Waals surface area contributed by atoms with Gasteiger partial charge in [-0.05, 0) is 23.8 Å². The Morgan fingerprint density at radius 1 is 1.33 bits per heavy atom. The predicted molar refractivity (Wildman–Crippen MR) is 62.7 cm³/mol. The molecule has 1 rings (SSSR count). The summed E-state index contributed by atoms with van der Waals surface area (Å²) in [6.07, 6.45) is 0. The first-order valence-electron chi connectivity index (χ1n) is 3.84. The second-order valence-electron chi connectivity index (χ2n) is 2.70. The lowest BCUT2D eigenvalue weighted by molar-refractivity contribution is -0.142. The molecule has 0 unspecified atom stereocenters. The van der Waals surface area contributed by atoms with Crippen LogP contribution in [0.2, 0.25) is 10.0 Å². The molecule has 0 fully saturated rings. The third kappa shape index (κ3) is 3.87. The van der Waals surface area contributed by atoms with Crippen LogP contribution in [0, 0.1) is 0 Å². The highest BCUT2D eigenvalue weighted by Gasteiger charge is 2.16. The van der Waals surface area contributed by atoms with E-state index in [4.69, 9.17) is 28.9 Å². The van der Waals surface area contributed by atoms with E-state index in [1.54, 1.807) is 18.2 Å². The zero-order valence-corrected chi connectivity index (χ0v) is 10.2.